The number of nitrogens with zero attached hydrogens (tertiary/aromatic N) is 2. The van der Waals surface area contributed by atoms with Crippen LogP contribution in [-0.2, 0) is 16.0 Å². The van der Waals surface area contributed by atoms with E-state index < -0.39 is 18.0 Å². The van der Waals surface area contributed by atoms with Crippen molar-refractivity contribution in [2.45, 2.75) is 19.5 Å². The van der Waals surface area contributed by atoms with Crippen LogP contribution in [0.4, 0.5) is 0 Å². The molecule has 0 saturated heterocycles. The van der Waals surface area contributed by atoms with Gasteiger partial charge in [-0.3, -0.25) is 9.59 Å². The molecule has 2 aromatic rings. The molecule has 0 saturated carbocycles. The number of carbonyl (C=O) groups is 2. The molecule has 144 valence electrons. The monoisotopic (exact) mass is 502 g/mol. The van der Waals surface area contributed by atoms with E-state index in [4.69, 9.17) is 0 Å². The minimum absolute atomic E-state index is 0.0826. The van der Waals surface area contributed by atoms with Crippen molar-refractivity contribution < 1.29 is 19.1 Å². The highest BCUT2D eigenvalue weighted by Gasteiger charge is 2.17. The molecule has 2 heterocycles. The van der Waals surface area contributed by atoms with E-state index in [1.165, 1.54) is 47.9 Å². The minimum atomic E-state index is -0.593. The molecule has 0 radical (unpaired) electrons. The van der Waals surface area contributed by atoms with Crippen LogP contribution in [0.2, 0.25) is 0 Å². The summed E-state index contributed by atoms with van der Waals surface area (Å²) in [5, 5.41) is 0. The predicted octanol–water partition coefficient (Wildman–Crippen LogP) is 2.37. The lowest BCUT2D eigenvalue weighted by molar-refractivity contribution is 0.0590. The van der Waals surface area contributed by atoms with Crippen molar-refractivity contribution in [3.8, 4) is 0 Å². The van der Waals surface area contributed by atoms with E-state index in [0.29, 0.717) is 0 Å². The molecule has 0 bridgehead atoms. The largest absolute Gasteiger partial charge is 0.465 e. The molecule has 2 aromatic heterocycles. The van der Waals surface area contributed by atoms with Gasteiger partial charge in [-0.25, -0.2) is 9.59 Å². The Morgan fingerprint density at radius 2 is 1.44 bits per heavy atom. The fourth-order valence-corrected chi connectivity index (χ4v) is 3.39. The first-order valence-electron chi connectivity index (χ1n) is 7.67. The van der Waals surface area contributed by atoms with Gasteiger partial charge in [-0.05, 0) is 50.9 Å². The summed E-state index contributed by atoms with van der Waals surface area (Å²) >= 11 is 6.26. The van der Waals surface area contributed by atoms with Crippen molar-refractivity contribution >= 4 is 43.8 Å². The molecular weight excluding hydrogens is 488 g/mol. The Hall–Kier alpha value is -2.20. The number of pyridine rings is 2. The van der Waals surface area contributed by atoms with Crippen LogP contribution in [0.5, 0.6) is 0 Å². The summed E-state index contributed by atoms with van der Waals surface area (Å²) in [7, 11) is 2.48. The third kappa shape index (κ3) is 4.56. The van der Waals surface area contributed by atoms with Crippen LogP contribution in [0.15, 0.2) is 43.1 Å². The van der Waals surface area contributed by atoms with Gasteiger partial charge in [-0.2, -0.15) is 0 Å². The second kappa shape index (κ2) is 8.66. The zero-order valence-corrected chi connectivity index (χ0v) is 17.9. The van der Waals surface area contributed by atoms with Crippen LogP contribution in [0.1, 0.15) is 33.7 Å². The van der Waals surface area contributed by atoms with Gasteiger partial charge in [0.15, 0.2) is 0 Å². The summed E-state index contributed by atoms with van der Waals surface area (Å²) in [6.07, 6.45) is 2.73. The smallest absolute Gasteiger partial charge is 0.339 e. The molecule has 0 fully saturated rings. The number of halogens is 2. The van der Waals surface area contributed by atoms with Crippen LogP contribution in [0.25, 0.3) is 0 Å². The van der Waals surface area contributed by atoms with Crippen LogP contribution in [0, 0.1) is 0 Å². The Kier molecular flexibility index (Phi) is 6.77. The Labute approximate surface area is 171 Å². The molecule has 0 aliphatic carbocycles. The number of rotatable bonds is 5. The van der Waals surface area contributed by atoms with Gasteiger partial charge in [0.1, 0.15) is 0 Å². The molecule has 27 heavy (non-hydrogen) atoms. The van der Waals surface area contributed by atoms with E-state index in [1.54, 1.807) is 6.92 Å². The van der Waals surface area contributed by atoms with Crippen LogP contribution in [-0.4, -0.2) is 35.3 Å². The third-order valence-corrected chi connectivity index (χ3v) is 4.96. The Balaban J connectivity index is 2.48. The number of hydrogen-bond acceptors (Lipinski definition) is 6. The third-order valence-electron chi connectivity index (χ3n) is 3.82. The Morgan fingerprint density at radius 3 is 1.96 bits per heavy atom. The molecule has 8 nitrogen and oxygen atoms in total. The second-order valence-corrected chi connectivity index (χ2v) is 7.36. The molecule has 0 aliphatic heterocycles. The van der Waals surface area contributed by atoms with Crippen molar-refractivity contribution in [1.82, 2.24) is 9.13 Å². The molecule has 2 rings (SSSR count). The SMILES string of the molecule is COC(=O)c1cc(Br)c(=O)n(CC(C)n2cc(C(=O)OC)cc(Br)c2=O)c1. The fourth-order valence-electron chi connectivity index (χ4n) is 2.46. The maximum atomic E-state index is 12.4. The first-order chi connectivity index (χ1) is 12.7. The number of methoxy groups -OCH3 is 2. The number of carbonyl (C=O) groups excluding carboxylic acids is 2. The second-order valence-electron chi connectivity index (χ2n) is 5.66. The van der Waals surface area contributed by atoms with Crippen molar-refractivity contribution in [3.05, 3.63) is 65.3 Å². The van der Waals surface area contributed by atoms with Gasteiger partial charge in [0, 0.05) is 18.9 Å². The van der Waals surface area contributed by atoms with E-state index in [1.807, 2.05) is 0 Å². The number of hydrogen-bond donors (Lipinski definition) is 0. The fraction of sp³-hybridized carbons (Fsp3) is 0.294. The highest BCUT2D eigenvalue weighted by Crippen LogP contribution is 2.15. The molecule has 0 spiro atoms. The van der Waals surface area contributed by atoms with E-state index in [2.05, 4.69) is 41.3 Å². The molecule has 1 unspecified atom stereocenters. The number of ether oxygens (including phenoxy) is 2. The number of esters is 2. The number of aromatic nitrogens is 2. The van der Waals surface area contributed by atoms with Gasteiger partial charge < -0.3 is 18.6 Å². The molecule has 1 atom stereocenters. The van der Waals surface area contributed by atoms with Gasteiger partial charge in [0.2, 0.25) is 0 Å². The van der Waals surface area contributed by atoms with Gasteiger partial charge in [0.25, 0.3) is 11.1 Å². The lowest BCUT2D eigenvalue weighted by atomic mass is 10.2. The summed E-state index contributed by atoms with van der Waals surface area (Å²) in [5.74, 6) is -1.19. The van der Waals surface area contributed by atoms with Gasteiger partial charge >= 0.3 is 11.9 Å². The molecule has 0 N–H and O–H groups in total. The topological polar surface area (TPSA) is 96.6 Å². The molecule has 0 amide bonds. The van der Waals surface area contributed by atoms with Gasteiger partial charge in [0.05, 0.1) is 40.3 Å². The average Bonchev–Trinajstić information content (AvgIpc) is 2.65. The van der Waals surface area contributed by atoms with Gasteiger partial charge in [-0.1, -0.05) is 0 Å². The van der Waals surface area contributed by atoms with Crippen molar-refractivity contribution in [3.63, 3.8) is 0 Å². The minimum Gasteiger partial charge on any atom is -0.465 e. The summed E-state index contributed by atoms with van der Waals surface area (Å²) in [6.45, 7) is 1.79. The van der Waals surface area contributed by atoms with E-state index >= 15 is 0 Å². The zero-order chi connectivity index (χ0) is 20.3. The van der Waals surface area contributed by atoms with E-state index in [0.717, 1.165) is 0 Å². The normalized spacial score (nSPS) is 11.7. The Morgan fingerprint density at radius 1 is 0.963 bits per heavy atom. The standard InChI is InChI=1S/C17H16Br2N2O6/c1-9(21-8-11(17(25)27-3)5-13(19)15(21)23)6-20-7-10(16(24)26-2)4-12(18)14(20)22/h4-5,7-9H,6H2,1-3H3. The first kappa shape index (κ1) is 21.1. The quantitative estimate of drug-likeness (QED) is 0.581. The van der Waals surface area contributed by atoms with E-state index in [9.17, 15) is 19.2 Å². The average molecular weight is 504 g/mol. The summed E-state index contributed by atoms with van der Waals surface area (Å²) < 4.78 is 12.4. The van der Waals surface area contributed by atoms with Crippen LogP contribution >= 0.6 is 31.9 Å². The predicted molar refractivity (Wildman–Crippen MR) is 104 cm³/mol. The van der Waals surface area contributed by atoms with Crippen LogP contribution < -0.4 is 11.1 Å². The molecular formula is C17H16Br2N2O6. The highest BCUT2D eigenvalue weighted by atomic mass is 79.9. The first-order valence-corrected chi connectivity index (χ1v) is 9.26. The molecule has 10 heteroatoms. The van der Waals surface area contributed by atoms with Gasteiger partial charge in [-0.15, -0.1) is 0 Å². The summed E-state index contributed by atoms with van der Waals surface area (Å²) in [5.41, 5.74) is -0.363. The maximum Gasteiger partial charge on any atom is 0.339 e. The van der Waals surface area contributed by atoms with Crippen molar-refractivity contribution in [2.75, 3.05) is 14.2 Å². The zero-order valence-electron chi connectivity index (χ0n) is 14.7. The van der Waals surface area contributed by atoms with Crippen molar-refractivity contribution in [2.24, 2.45) is 0 Å². The molecule has 0 aliphatic rings. The maximum absolute atomic E-state index is 12.4. The Bertz CT molecular complexity index is 1010. The summed E-state index contributed by atoms with van der Waals surface area (Å²) in [6, 6.07) is 2.24. The van der Waals surface area contributed by atoms with Crippen LogP contribution in [0.3, 0.4) is 0 Å². The lowest BCUT2D eigenvalue weighted by Crippen LogP contribution is -2.31. The lowest BCUT2D eigenvalue weighted by Gasteiger charge is -2.18. The van der Waals surface area contributed by atoms with E-state index in [-0.39, 0.29) is 37.7 Å². The summed E-state index contributed by atoms with van der Waals surface area (Å²) in [4.78, 5) is 48.4. The van der Waals surface area contributed by atoms with Crippen molar-refractivity contribution in [1.29, 1.82) is 0 Å². The molecule has 0 aromatic carbocycles. The highest BCUT2D eigenvalue weighted by molar-refractivity contribution is 9.10.